The Bertz CT molecular complexity index is 449. The number of likely N-dealkylation sites (tertiary alicyclic amines) is 1. The molecule has 1 fully saturated rings. The van der Waals surface area contributed by atoms with Crippen LogP contribution in [0, 0.1) is 11.8 Å². The van der Waals surface area contributed by atoms with Gasteiger partial charge in [-0.05, 0) is 24.8 Å². The molecule has 0 saturated carbocycles. The smallest absolute Gasteiger partial charge is 0.240 e. The van der Waals surface area contributed by atoms with E-state index in [4.69, 9.17) is 5.11 Å². The average Bonchev–Trinajstić information content (AvgIpc) is 2.98. The van der Waals surface area contributed by atoms with Crippen molar-refractivity contribution in [2.24, 2.45) is 11.8 Å². The summed E-state index contributed by atoms with van der Waals surface area (Å²) in [6, 6.07) is 0. The second kappa shape index (κ2) is 7.10. The molecule has 7 heteroatoms. The van der Waals surface area contributed by atoms with Crippen molar-refractivity contribution in [2.75, 3.05) is 31.6 Å². The van der Waals surface area contributed by atoms with Crippen LogP contribution in [0.5, 0.6) is 0 Å². The zero-order valence-electron chi connectivity index (χ0n) is 12.0. The van der Waals surface area contributed by atoms with Crippen LogP contribution in [0.4, 0.5) is 5.13 Å². The van der Waals surface area contributed by atoms with E-state index in [9.17, 15) is 4.79 Å². The maximum atomic E-state index is 11.9. The number of nitrogens with one attached hydrogen (secondary N) is 1. The molecule has 2 N–H and O–H groups in total. The predicted molar refractivity (Wildman–Crippen MR) is 78.7 cm³/mol. The minimum atomic E-state index is -0.0594. The first kappa shape index (κ1) is 15.3. The fourth-order valence-corrected chi connectivity index (χ4v) is 3.27. The molecule has 1 amide bonds. The molecule has 1 aliphatic rings. The van der Waals surface area contributed by atoms with Gasteiger partial charge in [-0.2, -0.15) is 0 Å². The molecule has 1 aromatic rings. The number of carbonyl (C=O) groups excluding carboxylic acids is 1. The van der Waals surface area contributed by atoms with E-state index >= 15 is 0 Å². The molecule has 20 heavy (non-hydrogen) atoms. The molecule has 1 aromatic heterocycles. The molecule has 0 bridgehead atoms. The van der Waals surface area contributed by atoms with Gasteiger partial charge in [-0.3, -0.25) is 15.0 Å². The van der Waals surface area contributed by atoms with E-state index in [1.165, 1.54) is 11.3 Å². The van der Waals surface area contributed by atoms with Crippen LogP contribution in [0.2, 0.25) is 0 Å². The lowest BCUT2D eigenvalue weighted by molar-refractivity contribution is -0.117. The van der Waals surface area contributed by atoms with Crippen LogP contribution < -0.4 is 5.32 Å². The third kappa shape index (κ3) is 4.50. The monoisotopic (exact) mass is 298 g/mol. The third-order valence-corrected chi connectivity index (χ3v) is 4.15. The summed E-state index contributed by atoms with van der Waals surface area (Å²) >= 11 is 1.44. The van der Waals surface area contributed by atoms with E-state index in [1.807, 2.05) is 0 Å². The first-order chi connectivity index (χ1) is 9.56. The van der Waals surface area contributed by atoms with E-state index in [0.29, 0.717) is 23.5 Å². The summed E-state index contributed by atoms with van der Waals surface area (Å²) in [5, 5.41) is 21.5. The van der Waals surface area contributed by atoms with E-state index in [0.717, 1.165) is 30.9 Å². The first-order valence-electron chi connectivity index (χ1n) is 7.02. The zero-order valence-corrected chi connectivity index (χ0v) is 12.8. The van der Waals surface area contributed by atoms with Crippen LogP contribution in [-0.2, 0) is 11.2 Å². The molecule has 2 rings (SSSR count). The van der Waals surface area contributed by atoms with Crippen LogP contribution in [0.25, 0.3) is 0 Å². The number of hydrogen-bond acceptors (Lipinski definition) is 6. The van der Waals surface area contributed by atoms with Crippen LogP contribution >= 0.6 is 11.3 Å². The number of amides is 1. The lowest BCUT2D eigenvalue weighted by Gasteiger charge is -2.14. The maximum absolute atomic E-state index is 11.9. The van der Waals surface area contributed by atoms with Gasteiger partial charge in [0.25, 0.3) is 0 Å². The number of hydrogen-bond donors (Lipinski definition) is 2. The summed E-state index contributed by atoms with van der Waals surface area (Å²) in [5.74, 6) is 0.782. The molecule has 6 nitrogen and oxygen atoms in total. The van der Waals surface area contributed by atoms with E-state index in [1.54, 1.807) is 0 Å². The Hall–Kier alpha value is -1.05. The van der Waals surface area contributed by atoms with Crippen molar-refractivity contribution in [3.63, 3.8) is 0 Å². The summed E-state index contributed by atoms with van der Waals surface area (Å²) in [7, 11) is 0. The summed E-state index contributed by atoms with van der Waals surface area (Å²) in [4.78, 5) is 14.0. The topological polar surface area (TPSA) is 78.4 Å². The molecule has 0 radical (unpaired) electrons. The molecule has 0 aromatic carbocycles. The lowest BCUT2D eigenvalue weighted by Crippen LogP contribution is -2.31. The van der Waals surface area contributed by atoms with Gasteiger partial charge in [0.05, 0.1) is 6.54 Å². The molecular formula is C13H22N4O2S. The van der Waals surface area contributed by atoms with E-state index in [-0.39, 0.29) is 12.5 Å². The Morgan fingerprint density at radius 2 is 2.35 bits per heavy atom. The summed E-state index contributed by atoms with van der Waals surface area (Å²) in [5.41, 5.74) is 0. The highest BCUT2D eigenvalue weighted by Crippen LogP contribution is 2.19. The number of aromatic nitrogens is 2. The standard InChI is InChI=1S/C13H22N4O2S/c1-9(2)5-12-15-16-13(20-12)14-11(19)7-17-4-3-10(6-17)8-18/h9-10,18H,3-8H2,1-2H3,(H,14,16,19). The molecule has 112 valence electrons. The Kier molecular flexibility index (Phi) is 5.45. The minimum Gasteiger partial charge on any atom is -0.396 e. The third-order valence-electron chi connectivity index (χ3n) is 3.29. The summed E-state index contributed by atoms with van der Waals surface area (Å²) in [6.45, 7) is 6.48. The van der Waals surface area contributed by atoms with Gasteiger partial charge in [-0.1, -0.05) is 25.2 Å². The Morgan fingerprint density at radius 3 is 3.00 bits per heavy atom. The highest BCUT2D eigenvalue weighted by Gasteiger charge is 2.23. The SMILES string of the molecule is CC(C)Cc1nnc(NC(=O)CN2CCC(CO)C2)s1. The van der Waals surface area contributed by atoms with Gasteiger partial charge in [0.2, 0.25) is 11.0 Å². The van der Waals surface area contributed by atoms with Gasteiger partial charge >= 0.3 is 0 Å². The van der Waals surface area contributed by atoms with Crippen molar-refractivity contribution in [1.29, 1.82) is 0 Å². The number of carbonyl (C=O) groups is 1. The normalized spacial score (nSPS) is 19.7. The van der Waals surface area contributed by atoms with Crippen molar-refractivity contribution < 1.29 is 9.90 Å². The second-order valence-corrected chi connectivity index (χ2v) is 6.78. The highest BCUT2D eigenvalue weighted by atomic mass is 32.1. The molecule has 0 aliphatic carbocycles. The number of aliphatic hydroxyl groups excluding tert-OH is 1. The number of rotatable bonds is 6. The number of anilines is 1. The fourth-order valence-electron chi connectivity index (χ4n) is 2.30. The Balaban J connectivity index is 1.78. The van der Waals surface area contributed by atoms with Crippen LogP contribution in [-0.4, -0.2) is 52.4 Å². The quantitative estimate of drug-likeness (QED) is 0.819. The molecule has 1 aliphatic heterocycles. The van der Waals surface area contributed by atoms with E-state index < -0.39 is 0 Å². The first-order valence-corrected chi connectivity index (χ1v) is 7.84. The zero-order chi connectivity index (χ0) is 14.5. The van der Waals surface area contributed by atoms with Crippen LogP contribution in [0.15, 0.2) is 0 Å². The van der Waals surface area contributed by atoms with Gasteiger partial charge in [-0.25, -0.2) is 0 Å². The Labute approximate surface area is 123 Å². The predicted octanol–water partition coefficient (Wildman–Crippen LogP) is 0.989. The number of nitrogens with zero attached hydrogens (tertiary/aromatic N) is 3. The molecule has 1 atom stereocenters. The van der Waals surface area contributed by atoms with Crippen molar-refractivity contribution in [3.8, 4) is 0 Å². The van der Waals surface area contributed by atoms with Crippen molar-refractivity contribution in [3.05, 3.63) is 5.01 Å². The van der Waals surface area contributed by atoms with Crippen LogP contribution in [0.1, 0.15) is 25.3 Å². The minimum absolute atomic E-state index is 0.0594. The highest BCUT2D eigenvalue weighted by molar-refractivity contribution is 7.15. The van der Waals surface area contributed by atoms with Gasteiger partial charge in [0.15, 0.2) is 0 Å². The van der Waals surface area contributed by atoms with Crippen molar-refractivity contribution in [2.45, 2.75) is 26.7 Å². The van der Waals surface area contributed by atoms with Gasteiger partial charge < -0.3 is 5.11 Å². The van der Waals surface area contributed by atoms with Gasteiger partial charge in [0.1, 0.15) is 5.01 Å². The molecule has 0 spiro atoms. The molecular weight excluding hydrogens is 276 g/mol. The second-order valence-electron chi connectivity index (χ2n) is 5.72. The maximum Gasteiger partial charge on any atom is 0.240 e. The van der Waals surface area contributed by atoms with Crippen molar-refractivity contribution in [1.82, 2.24) is 15.1 Å². The van der Waals surface area contributed by atoms with E-state index in [2.05, 4.69) is 34.3 Å². The Morgan fingerprint density at radius 1 is 1.55 bits per heavy atom. The van der Waals surface area contributed by atoms with Crippen LogP contribution in [0.3, 0.4) is 0 Å². The molecule has 2 heterocycles. The lowest BCUT2D eigenvalue weighted by atomic mass is 10.1. The fraction of sp³-hybridized carbons (Fsp3) is 0.769. The average molecular weight is 298 g/mol. The van der Waals surface area contributed by atoms with Gasteiger partial charge in [0, 0.05) is 19.6 Å². The molecule has 1 unspecified atom stereocenters. The van der Waals surface area contributed by atoms with Gasteiger partial charge in [-0.15, -0.1) is 10.2 Å². The largest absolute Gasteiger partial charge is 0.396 e. The number of aliphatic hydroxyl groups is 1. The van der Waals surface area contributed by atoms with Crippen molar-refractivity contribution >= 4 is 22.4 Å². The molecule has 1 saturated heterocycles. The summed E-state index contributed by atoms with van der Waals surface area (Å²) in [6.07, 6.45) is 1.85. The summed E-state index contributed by atoms with van der Waals surface area (Å²) < 4.78 is 0.